The normalized spacial score (nSPS) is 17.3. The van der Waals surface area contributed by atoms with Crippen molar-refractivity contribution in [3.8, 4) is 6.07 Å². The lowest BCUT2D eigenvalue weighted by Gasteiger charge is -2.18. The summed E-state index contributed by atoms with van der Waals surface area (Å²) in [5.74, 6) is -0.497. The first kappa shape index (κ1) is 10.4. The number of nitriles is 1. The van der Waals surface area contributed by atoms with E-state index in [1.807, 2.05) is 0 Å². The summed E-state index contributed by atoms with van der Waals surface area (Å²) >= 11 is 0. The molecule has 0 atom stereocenters. The van der Waals surface area contributed by atoms with Gasteiger partial charge in [0.1, 0.15) is 0 Å². The van der Waals surface area contributed by atoms with E-state index in [1.165, 1.54) is 4.31 Å². The van der Waals surface area contributed by atoms with Gasteiger partial charge in [0.25, 0.3) is 0 Å². The third-order valence-electron chi connectivity index (χ3n) is 1.88. The molecule has 1 aliphatic carbocycles. The zero-order valence-electron chi connectivity index (χ0n) is 7.18. The summed E-state index contributed by atoms with van der Waals surface area (Å²) in [5, 5.41) is 17.0. The highest BCUT2D eigenvalue weighted by Gasteiger charge is 2.36. The molecule has 0 amide bonds. The summed E-state index contributed by atoms with van der Waals surface area (Å²) in [4.78, 5) is 0. The SMILES string of the molecule is N#CCS(=O)(=O)N(CCO)C1CC1. The first-order valence-corrected chi connectivity index (χ1v) is 5.70. The number of hydrogen-bond donors (Lipinski definition) is 1. The Hall–Kier alpha value is -0.640. The Morgan fingerprint density at radius 1 is 1.54 bits per heavy atom. The van der Waals surface area contributed by atoms with Crippen LogP contribution in [0.15, 0.2) is 0 Å². The van der Waals surface area contributed by atoms with Crippen molar-refractivity contribution in [2.75, 3.05) is 18.9 Å². The fourth-order valence-corrected chi connectivity index (χ4v) is 2.53. The maximum atomic E-state index is 11.4. The summed E-state index contributed by atoms with van der Waals surface area (Å²) in [7, 11) is -3.46. The van der Waals surface area contributed by atoms with Crippen LogP contribution in [0.3, 0.4) is 0 Å². The van der Waals surface area contributed by atoms with Gasteiger partial charge in [-0.1, -0.05) is 0 Å². The predicted molar refractivity (Wildman–Crippen MR) is 46.2 cm³/mol. The van der Waals surface area contributed by atoms with Crippen LogP contribution >= 0.6 is 0 Å². The Morgan fingerprint density at radius 3 is 2.54 bits per heavy atom. The van der Waals surface area contributed by atoms with Gasteiger partial charge in [0.15, 0.2) is 5.75 Å². The molecule has 0 unspecified atom stereocenters. The number of sulfonamides is 1. The number of aliphatic hydroxyl groups excluding tert-OH is 1. The molecular weight excluding hydrogens is 192 g/mol. The summed E-state index contributed by atoms with van der Waals surface area (Å²) in [6.07, 6.45) is 1.68. The third-order valence-corrected chi connectivity index (χ3v) is 3.57. The minimum Gasteiger partial charge on any atom is -0.395 e. The van der Waals surface area contributed by atoms with Crippen molar-refractivity contribution in [3.63, 3.8) is 0 Å². The highest BCUT2D eigenvalue weighted by Crippen LogP contribution is 2.28. The van der Waals surface area contributed by atoms with E-state index < -0.39 is 15.8 Å². The molecule has 0 aliphatic heterocycles. The molecule has 0 spiro atoms. The summed E-state index contributed by atoms with van der Waals surface area (Å²) < 4.78 is 24.0. The molecule has 0 aromatic carbocycles. The van der Waals surface area contributed by atoms with Gasteiger partial charge >= 0.3 is 0 Å². The Bertz CT molecular complexity index is 302. The lowest BCUT2D eigenvalue weighted by Crippen LogP contribution is -2.36. The van der Waals surface area contributed by atoms with Crippen molar-refractivity contribution in [1.82, 2.24) is 4.31 Å². The van der Waals surface area contributed by atoms with E-state index in [0.717, 1.165) is 12.8 Å². The second kappa shape index (κ2) is 4.05. The van der Waals surface area contributed by atoms with Crippen molar-refractivity contribution in [1.29, 1.82) is 5.26 Å². The topological polar surface area (TPSA) is 81.4 Å². The molecule has 1 saturated carbocycles. The van der Waals surface area contributed by atoms with Crippen LogP contribution < -0.4 is 0 Å². The van der Waals surface area contributed by atoms with E-state index in [9.17, 15) is 8.42 Å². The number of hydrogen-bond acceptors (Lipinski definition) is 4. The van der Waals surface area contributed by atoms with Crippen molar-refractivity contribution < 1.29 is 13.5 Å². The van der Waals surface area contributed by atoms with E-state index in [0.29, 0.717) is 0 Å². The van der Waals surface area contributed by atoms with Gasteiger partial charge in [-0.25, -0.2) is 8.42 Å². The predicted octanol–water partition coefficient (Wildman–Crippen LogP) is -0.704. The second-order valence-electron chi connectivity index (χ2n) is 2.98. The quantitative estimate of drug-likeness (QED) is 0.641. The second-order valence-corrected chi connectivity index (χ2v) is 4.90. The summed E-state index contributed by atoms with van der Waals surface area (Å²) in [5.41, 5.74) is 0. The molecule has 1 N–H and O–H groups in total. The molecule has 1 rings (SSSR count). The van der Waals surface area contributed by atoms with Crippen LogP contribution in [0.1, 0.15) is 12.8 Å². The third kappa shape index (κ3) is 2.66. The molecule has 0 radical (unpaired) electrons. The van der Waals surface area contributed by atoms with Crippen LogP contribution in [0, 0.1) is 11.3 Å². The van der Waals surface area contributed by atoms with Gasteiger partial charge in [0.05, 0.1) is 12.7 Å². The Kier molecular flexibility index (Phi) is 3.25. The van der Waals surface area contributed by atoms with Gasteiger partial charge < -0.3 is 5.11 Å². The van der Waals surface area contributed by atoms with Gasteiger partial charge in [-0.05, 0) is 12.8 Å². The Balaban J connectivity index is 2.68. The van der Waals surface area contributed by atoms with Crippen molar-refractivity contribution in [2.24, 2.45) is 0 Å². The fourth-order valence-electron chi connectivity index (χ4n) is 1.17. The van der Waals surface area contributed by atoms with Crippen molar-refractivity contribution in [2.45, 2.75) is 18.9 Å². The first-order chi connectivity index (χ1) is 6.11. The van der Waals surface area contributed by atoms with E-state index >= 15 is 0 Å². The van der Waals surface area contributed by atoms with Crippen LogP contribution in [0.5, 0.6) is 0 Å². The summed E-state index contributed by atoms with van der Waals surface area (Å²) in [6.45, 7) is -0.0875. The molecule has 0 saturated heterocycles. The lowest BCUT2D eigenvalue weighted by atomic mass is 10.6. The van der Waals surface area contributed by atoms with Crippen LogP contribution in [-0.2, 0) is 10.0 Å². The van der Waals surface area contributed by atoms with Crippen molar-refractivity contribution in [3.05, 3.63) is 0 Å². The molecule has 74 valence electrons. The average molecular weight is 204 g/mol. The minimum atomic E-state index is -3.46. The smallest absolute Gasteiger partial charge is 0.227 e. The van der Waals surface area contributed by atoms with Crippen LogP contribution in [0.25, 0.3) is 0 Å². The van der Waals surface area contributed by atoms with Crippen molar-refractivity contribution >= 4 is 10.0 Å². The van der Waals surface area contributed by atoms with Crippen LogP contribution in [0.2, 0.25) is 0 Å². The van der Waals surface area contributed by atoms with Gasteiger partial charge in [-0.2, -0.15) is 9.57 Å². The molecule has 6 heteroatoms. The molecule has 0 aromatic rings. The van der Waals surface area contributed by atoms with E-state index in [4.69, 9.17) is 10.4 Å². The molecular formula is C7H12N2O3S. The molecule has 1 aliphatic rings. The largest absolute Gasteiger partial charge is 0.395 e. The molecule has 13 heavy (non-hydrogen) atoms. The molecule has 5 nitrogen and oxygen atoms in total. The van der Waals surface area contributed by atoms with E-state index in [-0.39, 0.29) is 19.2 Å². The lowest BCUT2D eigenvalue weighted by molar-refractivity contribution is 0.251. The van der Waals surface area contributed by atoms with Gasteiger partial charge in [0, 0.05) is 12.6 Å². The number of aliphatic hydroxyl groups is 1. The maximum absolute atomic E-state index is 11.4. The minimum absolute atomic E-state index is 0.0190. The van der Waals surface area contributed by atoms with Gasteiger partial charge in [0.2, 0.25) is 10.0 Å². The number of rotatable bonds is 5. The Morgan fingerprint density at radius 2 is 2.15 bits per heavy atom. The Labute approximate surface area is 77.6 Å². The fraction of sp³-hybridized carbons (Fsp3) is 0.857. The average Bonchev–Trinajstić information content (AvgIpc) is 2.82. The zero-order valence-corrected chi connectivity index (χ0v) is 8.00. The maximum Gasteiger partial charge on any atom is 0.227 e. The highest BCUT2D eigenvalue weighted by atomic mass is 32.2. The molecule has 1 fully saturated rings. The molecule has 0 heterocycles. The summed E-state index contributed by atoms with van der Waals surface area (Å²) in [6, 6.07) is 1.64. The van der Waals surface area contributed by atoms with Gasteiger partial charge in [-0.15, -0.1) is 0 Å². The zero-order chi connectivity index (χ0) is 9.90. The van der Waals surface area contributed by atoms with Gasteiger partial charge in [-0.3, -0.25) is 0 Å². The van der Waals surface area contributed by atoms with E-state index in [2.05, 4.69) is 0 Å². The highest BCUT2D eigenvalue weighted by molar-refractivity contribution is 7.89. The number of nitrogens with zero attached hydrogens (tertiary/aromatic N) is 2. The van der Waals surface area contributed by atoms with Crippen LogP contribution in [0.4, 0.5) is 0 Å². The van der Waals surface area contributed by atoms with Crippen LogP contribution in [-0.4, -0.2) is 42.8 Å². The molecule has 0 aromatic heterocycles. The standard InChI is InChI=1S/C7H12N2O3S/c8-3-6-13(11,12)9(4-5-10)7-1-2-7/h7,10H,1-2,4-6H2. The molecule has 0 bridgehead atoms. The first-order valence-electron chi connectivity index (χ1n) is 4.09. The van der Waals surface area contributed by atoms with E-state index in [1.54, 1.807) is 6.07 Å². The monoisotopic (exact) mass is 204 g/mol.